The number of rotatable bonds is 4. The van der Waals surface area contributed by atoms with Crippen molar-refractivity contribution < 1.29 is 8.42 Å². The molecule has 1 aromatic heterocycles. The van der Waals surface area contributed by atoms with Gasteiger partial charge in [-0.25, -0.2) is 8.42 Å². The highest BCUT2D eigenvalue weighted by molar-refractivity contribution is 9.11. The first kappa shape index (κ1) is 12.5. The minimum absolute atomic E-state index is 0.481. The Balaban J connectivity index is 2.38. The quantitative estimate of drug-likeness (QED) is 0.925. The molecule has 1 fully saturated rings. The fraction of sp³-hybridized carbons (Fsp3) is 0.600. The van der Waals surface area contributed by atoms with Crippen molar-refractivity contribution in [3.8, 4) is 0 Å². The second-order valence-electron chi connectivity index (χ2n) is 4.13. The summed E-state index contributed by atoms with van der Waals surface area (Å²) in [5.74, 6) is 0. The number of hydrogen-bond donors (Lipinski definition) is 1. The second-order valence-corrected chi connectivity index (χ2v) is 9.16. The normalized spacial score (nSPS) is 19.4. The Morgan fingerprint density at radius 3 is 2.56 bits per heavy atom. The number of hydrogen-bond acceptors (Lipinski definition) is 4. The molecule has 1 aliphatic rings. The molecule has 0 radical (unpaired) electrons. The van der Waals surface area contributed by atoms with E-state index >= 15 is 0 Å². The average molecular weight is 324 g/mol. The van der Waals surface area contributed by atoms with Gasteiger partial charge in [0.05, 0.1) is 8.53 Å². The van der Waals surface area contributed by atoms with E-state index < -0.39 is 14.6 Å². The maximum Gasteiger partial charge on any atom is 0.194 e. The second kappa shape index (κ2) is 4.40. The molecule has 2 rings (SSSR count). The van der Waals surface area contributed by atoms with Crippen molar-refractivity contribution in [2.24, 2.45) is 0 Å². The summed E-state index contributed by atoms with van der Waals surface area (Å²) in [5.41, 5.74) is 0. The van der Waals surface area contributed by atoms with Crippen LogP contribution in [0.15, 0.2) is 20.1 Å². The largest absolute Gasteiger partial charge is 0.318 e. The molecule has 1 N–H and O–H groups in total. The average Bonchev–Trinajstić information content (AvgIpc) is 2.58. The van der Waals surface area contributed by atoms with Gasteiger partial charge >= 0.3 is 0 Å². The van der Waals surface area contributed by atoms with E-state index in [-0.39, 0.29) is 0 Å². The summed E-state index contributed by atoms with van der Waals surface area (Å²) < 4.78 is 25.8. The van der Waals surface area contributed by atoms with Gasteiger partial charge < -0.3 is 5.32 Å². The van der Waals surface area contributed by atoms with Crippen LogP contribution in [-0.2, 0) is 9.84 Å². The van der Waals surface area contributed by atoms with Crippen LogP contribution in [-0.4, -0.2) is 26.8 Å². The minimum Gasteiger partial charge on any atom is -0.318 e. The zero-order valence-electron chi connectivity index (χ0n) is 8.99. The molecule has 0 aliphatic heterocycles. The van der Waals surface area contributed by atoms with E-state index in [0.717, 1.165) is 23.0 Å². The van der Waals surface area contributed by atoms with Crippen molar-refractivity contribution in [1.82, 2.24) is 5.32 Å². The van der Waals surface area contributed by atoms with Crippen LogP contribution in [0.5, 0.6) is 0 Å². The van der Waals surface area contributed by atoms with E-state index in [1.807, 2.05) is 0 Å². The predicted octanol–water partition coefficient (Wildman–Crippen LogP) is 2.43. The fourth-order valence-corrected chi connectivity index (χ4v) is 6.60. The highest BCUT2D eigenvalue weighted by Gasteiger charge is 2.49. The predicted molar refractivity (Wildman–Crippen MR) is 69.7 cm³/mol. The van der Waals surface area contributed by atoms with Gasteiger partial charge in [0.15, 0.2) is 9.84 Å². The molecule has 1 heterocycles. The SMILES string of the molecule is CNCC1(S(=O)(=O)c2ccc(Br)s2)CCC1. The van der Waals surface area contributed by atoms with Gasteiger partial charge in [0, 0.05) is 6.54 Å². The summed E-state index contributed by atoms with van der Waals surface area (Å²) in [6, 6.07) is 3.49. The Labute approximate surface area is 108 Å². The number of sulfone groups is 1. The van der Waals surface area contributed by atoms with Crippen molar-refractivity contribution >= 4 is 37.1 Å². The molecule has 0 atom stereocenters. The van der Waals surface area contributed by atoms with Gasteiger partial charge in [0.1, 0.15) is 4.21 Å². The molecular weight excluding hydrogens is 310 g/mol. The van der Waals surface area contributed by atoms with Gasteiger partial charge in [-0.2, -0.15) is 0 Å². The summed E-state index contributed by atoms with van der Waals surface area (Å²) in [4.78, 5) is 0. The third-order valence-corrected chi connectivity index (χ3v) is 7.83. The monoisotopic (exact) mass is 323 g/mol. The molecule has 0 unspecified atom stereocenters. The number of halogens is 1. The summed E-state index contributed by atoms with van der Waals surface area (Å²) >= 11 is 4.61. The van der Waals surface area contributed by atoms with Gasteiger partial charge in [-0.15, -0.1) is 11.3 Å². The molecular formula is C10H14BrNO2S2. The molecule has 0 amide bonds. The van der Waals surface area contributed by atoms with Crippen LogP contribution in [0.2, 0.25) is 0 Å². The summed E-state index contributed by atoms with van der Waals surface area (Å²) in [6.07, 6.45) is 2.55. The fourth-order valence-electron chi connectivity index (χ4n) is 2.09. The van der Waals surface area contributed by atoms with E-state index in [4.69, 9.17) is 0 Å². The molecule has 1 aromatic rings. The smallest absolute Gasteiger partial charge is 0.194 e. The first-order valence-electron chi connectivity index (χ1n) is 5.16. The lowest BCUT2D eigenvalue weighted by atomic mass is 9.84. The molecule has 16 heavy (non-hydrogen) atoms. The maximum absolute atomic E-state index is 12.5. The van der Waals surface area contributed by atoms with Crippen LogP contribution >= 0.6 is 27.3 Å². The molecule has 1 aliphatic carbocycles. The minimum atomic E-state index is -3.18. The van der Waals surface area contributed by atoms with Gasteiger partial charge in [-0.1, -0.05) is 6.42 Å². The zero-order valence-corrected chi connectivity index (χ0v) is 12.2. The van der Waals surface area contributed by atoms with E-state index in [1.54, 1.807) is 19.2 Å². The molecule has 0 saturated heterocycles. The van der Waals surface area contributed by atoms with Crippen LogP contribution in [0.1, 0.15) is 19.3 Å². The first-order chi connectivity index (χ1) is 7.52. The molecule has 0 aromatic carbocycles. The van der Waals surface area contributed by atoms with E-state index in [0.29, 0.717) is 10.8 Å². The van der Waals surface area contributed by atoms with E-state index in [1.165, 1.54) is 11.3 Å². The third kappa shape index (κ3) is 1.85. The highest BCUT2D eigenvalue weighted by atomic mass is 79.9. The van der Waals surface area contributed by atoms with Crippen LogP contribution in [0, 0.1) is 0 Å². The zero-order chi connectivity index (χ0) is 11.8. The Kier molecular flexibility index (Phi) is 3.45. The Bertz CT molecular complexity index is 477. The summed E-state index contributed by atoms with van der Waals surface area (Å²) in [7, 11) is -1.37. The lowest BCUT2D eigenvalue weighted by molar-refractivity contribution is 0.329. The summed E-state index contributed by atoms with van der Waals surface area (Å²) in [6.45, 7) is 0.546. The Hall–Kier alpha value is 0.0900. The Morgan fingerprint density at radius 1 is 1.50 bits per heavy atom. The van der Waals surface area contributed by atoms with Crippen molar-refractivity contribution in [2.45, 2.75) is 28.2 Å². The molecule has 3 nitrogen and oxygen atoms in total. The van der Waals surface area contributed by atoms with Gasteiger partial charge in [0.25, 0.3) is 0 Å². The molecule has 1 saturated carbocycles. The maximum atomic E-state index is 12.5. The molecule has 0 bridgehead atoms. The molecule has 0 spiro atoms. The highest BCUT2D eigenvalue weighted by Crippen LogP contribution is 2.44. The van der Waals surface area contributed by atoms with E-state index in [9.17, 15) is 8.42 Å². The van der Waals surface area contributed by atoms with Gasteiger partial charge in [0.2, 0.25) is 0 Å². The van der Waals surface area contributed by atoms with E-state index in [2.05, 4.69) is 21.2 Å². The molecule has 90 valence electrons. The standard InChI is InChI=1S/C10H14BrNO2S2/c1-12-7-10(5-2-6-10)16(13,14)9-4-3-8(11)15-9/h3-4,12H,2,5-7H2,1H3. The van der Waals surface area contributed by atoms with Gasteiger partial charge in [-0.3, -0.25) is 0 Å². The van der Waals surface area contributed by atoms with Crippen LogP contribution in [0.25, 0.3) is 0 Å². The Morgan fingerprint density at radius 2 is 2.19 bits per heavy atom. The first-order valence-corrected chi connectivity index (χ1v) is 8.26. The van der Waals surface area contributed by atoms with Crippen LogP contribution < -0.4 is 5.32 Å². The third-order valence-electron chi connectivity index (χ3n) is 3.15. The lowest BCUT2D eigenvalue weighted by Crippen LogP contribution is -2.51. The van der Waals surface area contributed by atoms with Crippen molar-refractivity contribution in [3.05, 3.63) is 15.9 Å². The number of nitrogens with one attached hydrogen (secondary N) is 1. The van der Waals surface area contributed by atoms with Crippen LogP contribution in [0.3, 0.4) is 0 Å². The van der Waals surface area contributed by atoms with Gasteiger partial charge in [-0.05, 0) is 48.0 Å². The van der Waals surface area contributed by atoms with Crippen molar-refractivity contribution in [1.29, 1.82) is 0 Å². The number of thiophene rings is 1. The summed E-state index contributed by atoms with van der Waals surface area (Å²) in [5, 5.41) is 3.01. The topological polar surface area (TPSA) is 46.2 Å². The van der Waals surface area contributed by atoms with Crippen LogP contribution in [0.4, 0.5) is 0 Å². The van der Waals surface area contributed by atoms with Crippen molar-refractivity contribution in [3.63, 3.8) is 0 Å². The lowest BCUT2D eigenvalue weighted by Gasteiger charge is -2.40. The molecule has 6 heteroatoms. The van der Waals surface area contributed by atoms with Crippen molar-refractivity contribution in [2.75, 3.05) is 13.6 Å².